The molecule has 1 aromatic heterocycles. The van der Waals surface area contributed by atoms with Gasteiger partial charge in [0.15, 0.2) is 5.84 Å². The summed E-state index contributed by atoms with van der Waals surface area (Å²) >= 11 is 1.72. The number of aliphatic imine (C=N–C) groups is 1. The lowest BCUT2D eigenvalue weighted by Gasteiger charge is -2.21. The second-order valence-corrected chi connectivity index (χ2v) is 6.55. The molecule has 0 bridgehead atoms. The van der Waals surface area contributed by atoms with Crippen molar-refractivity contribution in [2.45, 2.75) is 26.7 Å². The summed E-state index contributed by atoms with van der Waals surface area (Å²) in [6, 6.07) is 6.65. The maximum Gasteiger partial charge on any atom is 0.157 e. The van der Waals surface area contributed by atoms with Gasteiger partial charge in [0.25, 0.3) is 0 Å². The zero-order valence-electron chi connectivity index (χ0n) is 13.6. The summed E-state index contributed by atoms with van der Waals surface area (Å²) in [6.07, 6.45) is 2.02. The second-order valence-electron chi connectivity index (χ2n) is 5.47. The predicted octanol–water partition coefficient (Wildman–Crippen LogP) is 3.49. The molecule has 0 saturated carbocycles. The molecule has 0 saturated heterocycles. The van der Waals surface area contributed by atoms with E-state index in [1.54, 1.807) is 11.3 Å². The third-order valence-electron chi connectivity index (χ3n) is 4.01. The summed E-state index contributed by atoms with van der Waals surface area (Å²) in [4.78, 5) is 11.6. The molecule has 3 rings (SSSR count). The minimum Gasteiger partial charge on any atom is -0.378 e. The molecular formula is C17H22N4S. The molecule has 5 heteroatoms. The predicted molar refractivity (Wildman–Crippen MR) is 95.7 cm³/mol. The van der Waals surface area contributed by atoms with Gasteiger partial charge in [0.2, 0.25) is 0 Å². The summed E-state index contributed by atoms with van der Waals surface area (Å²) in [6.45, 7) is 5.25. The molecule has 0 spiro atoms. The largest absolute Gasteiger partial charge is 0.378 e. The van der Waals surface area contributed by atoms with Gasteiger partial charge in [-0.3, -0.25) is 4.99 Å². The molecule has 2 heterocycles. The molecule has 0 aliphatic carbocycles. The number of benzene rings is 1. The number of aryl methyl sites for hydroxylation is 2. The molecule has 0 unspecified atom stereocenters. The van der Waals surface area contributed by atoms with Gasteiger partial charge in [-0.15, -0.1) is 11.3 Å². The van der Waals surface area contributed by atoms with Crippen molar-refractivity contribution in [3.63, 3.8) is 0 Å². The molecule has 1 N–H and O–H groups in total. The monoisotopic (exact) mass is 314 g/mol. The highest BCUT2D eigenvalue weighted by Crippen LogP contribution is 2.33. The van der Waals surface area contributed by atoms with Crippen LogP contribution in [-0.4, -0.2) is 31.5 Å². The van der Waals surface area contributed by atoms with Gasteiger partial charge in [0, 0.05) is 26.3 Å². The molecule has 1 aliphatic heterocycles. The minimum atomic E-state index is 0.951. The van der Waals surface area contributed by atoms with Crippen molar-refractivity contribution < 1.29 is 0 Å². The number of fused-ring (bicyclic) bond motifs is 1. The number of anilines is 2. The zero-order valence-corrected chi connectivity index (χ0v) is 14.4. The molecule has 1 aromatic carbocycles. The average Bonchev–Trinajstić information content (AvgIpc) is 3.12. The van der Waals surface area contributed by atoms with E-state index in [0.29, 0.717) is 0 Å². The molecule has 116 valence electrons. The summed E-state index contributed by atoms with van der Waals surface area (Å²) in [5.74, 6) is 0.961. The molecule has 1 aliphatic rings. The van der Waals surface area contributed by atoms with E-state index in [4.69, 9.17) is 4.98 Å². The molecular weight excluding hydrogens is 292 g/mol. The fourth-order valence-corrected chi connectivity index (χ4v) is 3.79. The Morgan fingerprint density at radius 1 is 1.45 bits per heavy atom. The normalized spacial score (nSPS) is 14.4. The van der Waals surface area contributed by atoms with Gasteiger partial charge < -0.3 is 10.2 Å². The van der Waals surface area contributed by atoms with Crippen LogP contribution in [0.2, 0.25) is 0 Å². The summed E-state index contributed by atoms with van der Waals surface area (Å²) in [5.41, 5.74) is 4.95. The van der Waals surface area contributed by atoms with Crippen LogP contribution in [0.25, 0.3) is 0 Å². The van der Waals surface area contributed by atoms with Crippen LogP contribution < -0.4 is 10.2 Å². The molecule has 0 radical (unpaired) electrons. The first kappa shape index (κ1) is 15.0. The number of aromatic nitrogens is 1. The number of hydrogen-bond donors (Lipinski definition) is 1. The highest BCUT2D eigenvalue weighted by Gasteiger charge is 2.27. The maximum absolute atomic E-state index is 4.79. The van der Waals surface area contributed by atoms with Crippen LogP contribution in [0.1, 0.15) is 28.8 Å². The van der Waals surface area contributed by atoms with Gasteiger partial charge in [-0.2, -0.15) is 0 Å². The Kier molecular flexibility index (Phi) is 4.16. The first-order valence-corrected chi connectivity index (χ1v) is 8.51. The number of amidine groups is 1. The van der Waals surface area contributed by atoms with E-state index in [0.717, 1.165) is 40.9 Å². The summed E-state index contributed by atoms with van der Waals surface area (Å²) in [7, 11) is 3.80. The quantitative estimate of drug-likeness (QED) is 0.696. The maximum atomic E-state index is 4.79. The number of nitrogens with zero attached hydrogens (tertiary/aromatic N) is 3. The van der Waals surface area contributed by atoms with E-state index in [1.807, 2.05) is 14.1 Å². The number of nitrogens with one attached hydrogen (secondary N) is 1. The Labute approximate surface area is 135 Å². The summed E-state index contributed by atoms with van der Waals surface area (Å²) < 4.78 is 0. The Morgan fingerprint density at radius 2 is 2.27 bits per heavy atom. The fraction of sp³-hybridized carbons (Fsp3) is 0.412. The number of thiazole rings is 1. The van der Waals surface area contributed by atoms with E-state index >= 15 is 0 Å². The van der Waals surface area contributed by atoms with Crippen molar-refractivity contribution in [3.05, 3.63) is 40.0 Å². The topological polar surface area (TPSA) is 40.5 Å². The second kappa shape index (κ2) is 6.08. The summed E-state index contributed by atoms with van der Waals surface area (Å²) in [5, 5.41) is 5.51. The Morgan fingerprint density at radius 3 is 2.95 bits per heavy atom. The van der Waals surface area contributed by atoms with Crippen LogP contribution in [-0.2, 0) is 12.8 Å². The van der Waals surface area contributed by atoms with E-state index in [2.05, 4.69) is 47.3 Å². The number of rotatable bonds is 3. The van der Waals surface area contributed by atoms with Crippen LogP contribution in [0, 0.1) is 6.92 Å². The molecule has 4 nitrogen and oxygen atoms in total. The van der Waals surface area contributed by atoms with Crippen molar-refractivity contribution in [3.8, 4) is 0 Å². The van der Waals surface area contributed by atoms with Gasteiger partial charge >= 0.3 is 0 Å². The lowest BCUT2D eigenvalue weighted by Crippen LogP contribution is -2.30. The van der Waals surface area contributed by atoms with E-state index < -0.39 is 0 Å². The molecule has 0 fully saturated rings. The van der Waals surface area contributed by atoms with Crippen molar-refractivity contribution in [2.75, 3.05) is 30.9 Å². The SMILES string of the molecule is CCc1nc(C(=NC)N2CCc3cc(C)ccc32)c(NC)s1. The van der Waals surface area contributed by atoms with Crippen LogP contribution >= 0.6 is 11.3 Å². The van der Waals surface area contributed by atoms with E-state index in [9.17, 15) is 0 Å². The van der Waals surface area contributed by atoms with Crippen molar-refractivity contribution in [1.82, 2.24) is 4.98 Å². The Hall–Kier alpha value is -1.88. The minimum absolute atomic E-state index is 0.951. The number of hydrogen-bond acceptors (Lipinski definition) is 4. The van der Waals surface area contributed by atoms with Crippen LogP contribution in [0.4, 0.5) is 10.7 Å². The molecule has 22 heavy (non-hydrogen) atoms. The zero-order chi connectivity index (χ0) is 15.7. The molecule has 2 aromatic rings. The van der Waals surface area contributed by atoms with Crippen molar-refractivity contribution in [2.24, 2.45) is 4.99 Å². The highest BCUT2D eigenvalue weighted by molar-refractivity contribution is 7.16. The first-order valence-electron chi connectivity index (χ1n) is 7.69. The van der Waals surface area contributed by atoms with Crippen molar-refractivity contribution in [1.29, 1.82) is 0 Å². The lowest BCUT2D eigenvalue weighted by molar-refractivity contribution is 1.01. The van der Waals surface area contributed by atoms with Crippen LogP contribution in [0.15, 0.2) is 23.2 Å². The van der Waals surface area contributed by atoms with Gasteiger partial charge in [-0.05, 0) is 31.4 Å². The van der Waals surface area contributed by atoms with Crippen LogP contribution in [0.3, 0.4) is 0 Å². The van der Waals surface area contributed by atoms with Crippen LogP contribution in [0.5, 0.6) is 0 Å². The Balaban J connectivity index is 2.03. The molecule has 0 atom stereocenters. The molecule has 0 amide bonds. The smallest absolute Gasteiger partial charge is 0.157 e. The average molecular weight is 314 g/mol. The first-order chi connectivity index (χ1) is 10.7. The standard InChI is InChI=1S/C17H22N4S/c1-5-14-20-15(17(19-4)22-14)16(18-3)21-9-8-12-10-11(2)6-7-13(12)21/h6-7,10,19H,5,8-9H2,1-4H3. The van der Waals surface area contributed by atoms with Gasteiger partial charge in [-0.25, -0.2) is 4.98 Å². The fourth-order valence-electron chi connectivity index (χ4n) is 2.94. The lowest BCUT2D eigenvalue weighted by atomic mass is 10.1. The van der Waals surface area contributed by atoms with Gasteiger partial charge in [-0.1, -0.05) is 24.6 Å². The van der Waals surface area contributed by atoms with E-state index in [1.165, 1.54) is 16.8 Å². The van der Waals surface area contributed by atoms with Gasteiger partial charge in [0.05, 0.1) is 5.01 Å². The Bertz CT molecular complexity index is 717. The van der Waals surface area contributed by atoms with Crippen molar-refractivity contribution >= 4 is 27.9 Å². The highest BCUT2D eigenvalue weighted by atomic mass is 32.1. The third kappa shape index (κ3) is 2.50. The van der Waals surface area contributed by atoms with E-state index in [-0.39, 0.29) is 0 Å². The van der Waals surface area contributed by atoms with Gasteiger partial charge in [0.1, 0.15) is 10.7 Å². The third-order valence-corrected chi connectivity index (χ3v) is 5.23.